The molecule has 7 unspecified atom stereocenters. The molecule has 0 amide bonds. The Morgan fingerprint density at radius 3 is 2.74 bits per heavy atom. The summed E-state index contributed by atoms with van der Waals surface area (Å²) in [7, 11) is 0. The molecule has 1 N–H and O–H groups in total. The molecule has 2 bridgehead atoms. The van der Waals surface area contributed by atoms with Gasteiger partial charge in [0.05, 0.1) is 0 Å². The fourth-order valence-electron chi connectivity index (χ4n) is 5.18. The average Bonchev–Trinajstić information content (AvgIpc) is 3.18. The van der Waals surface area contributed by atoms with Gasteiger partial charge in [0.25, 0.3) is 0 Å². The Balaban J connectivity index is 1.38. The van der Waals surface area contributed by atoms with Crippen LogP contribution in [0.15, 0.2) is 0 Å². The Kier molecular flexibility index (Phi) is 2.99. The first kappa shape index (κ1) is 15.7. The molecular weight excluding hydrogens is 523 g/mol. The normalized spacial score (nSPS) is 49.1. The van der Waals surface area contributed by atoms with E-state index in [2.05, 4.69) is 31.3 Å². The van der Waals surface area contributed by atoms with Gasteiger partial charge in [-0.05, 0) is 0 Å². The zero-order chi connectivity index (χ0) is 16.4. The fraction of sp³-hybridized carbons (Fsp3) is 0.867. The van der Waals surface area contributed by atoms with Crippen molar-refractivity contribution in [3.05, 3.63) is 0 Å². The molecule has 2 saturated carbocycles. The summed E-state index contributed by atoms with van der Waals surface area (Å²) in [6.07, 6.45) is 2.11. The zero-order valence-corrected chi connectivity index (χ0v) is 17.6. The quantitative estimate of drug-likeness (QED) is 0.112. The number of carbonyl (C=O) groups excluding carboxylic acids is 2. The van der Waals surface area contributed by atoms with Gasteiger partial charge in [0.2, 0.25) is 0 Å². The average molecular weight is 542 g/mol. The summed E-state index contributed by atoms with van der Waals surface area (Å²) in [5, 5.41) is 2.31. The molecule has 0 aromatic carbocycles. The Morgan fingerprint density at radius 1 is 1.48 bits per heavy atom. The first-order valence-electron chi connectivity index (χ1n) is 8.12. The van der Waals surface area contributed by atoms with E-state index in [1.54, 1.807) is 0 Å². The molecule has 5 nitrogen and oxygen atoms in total. The number of nitrogens with one attached hydrogen (secondary N) is 1. The second-order valence-electron chi connectivity index (χ2n) is 8.15. The summed E-state index contributed by atoms with van der Waals surface area (Å²) < 4.78 is 14.5. The molecule has 2 aliphatic carbocycles. The van der Waals surface area contributed by atoms with E-state index in [0.717, 1.165) is 12.8 Å². The van der Waals surface area contributed by atoms with Crippen molar-refractivity contribution in [1.29, 1.82) is 0 Å². The molecule has 5 aliphatic rings. The number of hydrogen-bond donors (Lipinski definition) is 1. The molecule has 7 atom stereocenters. The van der Waals surface area contributed by atoms with Gasteiger partial charge in [0.15, 0.2) is 0 Å². The van der Waals surface area contributed by atoms with Crippen molar-refractivity contribution in [2.45, 2.75) is 52.2 Å². The van der Waals surface area contributed by atoms with E-state index in [-0.39, 0.29) is 33.3 Å². The third-order valence-corrected chi connectivity index (χ3v) is 14.0. The molecular formula is C15H19BI2NO4. The van der Waals surface area contributed by atoms with Gasteiger partial charge in [-0.3, -0.25) is 0 Å². The molecule has 1 radical (unpaired) electrons. The summed E-state index contributed by atoms with van der Waals surface area (Å²) in [5.74, 6) is 0.595. The predicted octanol–water partition coefficient (Wildman–Crippen LogP) is 2.01. The van der Waals surface area contributed by atoms with Gasteiger partial charge in [0, 0.05) is 0 Å². The van der Waals surface area contributed by atoms with Crippen molar-refractivity contribution in [3.8, 4) is 0 Å². The maximum atomic E-state index is 12.9. The van der Waals surface area contributed by atoms with E-state index in [1.807, 2.05) is 20.8 Å². The van der Waals surface area contributed by atoms with Gasteiger partial charge in [-0.25, -0.2) is 0 Å². The molecule has 3 saturated heterocycles. The first-order chi connectivity index (χ1) is 10.7. The summed E-state index contributed by atoms with van der Waals surface area (Å²) in [4.78, 5) is 25.1. The van der Waals surface area contributed by atoms with E-state index in [1.165, 1.54) is 0 Å². The van der Waals surface area contributed by atoms with Crippen LogP contribution in [0.25, 0.3) is 0 Å². The van der Waals surface area contributed by atoms with Crippen LogP contribution >= 0.6 is 42.5 Å². The Morgan fingerprint density at radius 2 is 2.13 bits per heavy atom. The summed E-state index contributed by atoms with van der Waals surface area (Å²) >= 11 is 1.15. The van der Waals surface area contributed by atoms with Crippen molar-refractivity contribution in [1.82, 2.24) is 3.53 Å². The van der Waals surface area contributed by atoms with Gasteiger partial charge in [-0.15, -0.1) is 0 Å². The van der Waals surface area contributed by atoms with Gasteiger partial charge in [-0.2, -0.15) is 0 Å². The number of halogens is 2. The van der Waals surface area contributed by atoms with Crippen molar-refractivity contribution < 1.29 is 19.1 Å². The number of esters is 2. The second kappa shape index (κ2) is 4.39. The van der Waals surface area contributed by atoms with Crippen molar-refractivity contribution >= 4 is 59.5 Å². The topological polar surface area (TPSA) is 74.5 Å². The monoisotopic (exact) mass is 542 g/mol. The molecule has 5 rings (SSSR count). The molecule has 0 aromatic rings. The Bertz CT molecular complexity index is 631. The van der Waals surface area contributed by atoms with E-state index < -0.39 is 28.9 Å². The minimum atomic E-state index is -1.09. The Hall–Kier alpha value is 0.425. The maximum absolute atomic E-state index is 12.9. The molecule has 0 spiro atoms. The van der Waals surface area contributed by atoms with E-state index in [4.69, 9.17) is 9.47 Å². The molecule has 8 heteroatoms. The van der Waals surface area contributed by atoms with Gasteiger partial charge < -0.3 is 0 Å². The number of fused-ring (bicyclic) bond motifs is 2. The number of alkyl halides is 2. The van der Waals surface area contributed by atoms with Crippen LogP contribution in [-0.4, -0.2) is 35.6 Å². The van der Waals surface area contributed by atoms with Gasteiger partial charge in [-0.1, -0.05) is 0 Å². The summed E-state index contributed by atoms with van der Waals surface area (Å²) in [6.45, 7) is 5.93. The Labute approximate surface area is 157 Å². The zero-order valence-electron chi connectivity index (χ0n) is 13.3. The summed E-state index contributed by atoms with van der Waals surface area (Å²) in [5.41, 5.74) is -0.624. The number of carbonyl (C=O) groups is 2. The van der Waals surface area contributed by atoms with E-state index >= 15 is 0 Å². The van der Waals surface area contributed by atoms with E-state index in [9.17, 15) is 9.59 Å². The third-order valence-electron chi connectivity index (χ3n) is 6.44. The molecule has 3 heterocycles. The molecule has 5 fully saturated rings. The van der Waals surface area contributed by atoms with Crippen LogP contribution in [0.4, 0.5) is 0 Å². The molecule has 125 valence electrons. The third kappa shape index (κ3) is 1.89. The first-order valence-corrected chi connectivity index (χ1v) is 12.6. The standard InChI is InChI=1S/C15H19BI2NO4/c1-13(2,23-12(21)14(3,17)15-16-18(15)19-15)10-6-4-7-8(5-6)22-11(20)9(7)10/h6-10,19H,4-5H2,1-3H3. The fourth-order valence-corrected chi connectivity index (χ4v) is 13.7. The number of hydrogen-bond acceptors (Lipinski definition) is 5. The van der Waals surface area contributed by atoms with Crippen LogP contribution in [0.1, 0.15) is 33.6 Å². The number of ether oxygens (including phenoxy) is 2. The second-order valence-corrected chi connectivity index (χ2v) is 15.0. The minimum absolute atomic E-state index is 0.00327. The van der Waals surface area contributed by atoms with Gasteiger partial charge in [0.1, 0.15) is 0 Å². The van der Waals surface area contributed by atoms with Crippen LogP contribution in [0, 0.1) is 23.7 Å². The summed E-state index contributed by atoms with van der Waals surface area (Å²) in [6, 6.07) is 0. The molecule has 0 aromatic heterocycles. The van der Waals surface area contributed by atoms with Crippen molar-refractivity contribution in [2.24, 2.45) is 23.7 Å². The molecule has 3 aliphatic heterocycles. The SMILES string of the molecule is CC(C)(OC(=O)C(C)(I)C12[B]I1N2)C1C2CC3OC(=O)C1C3C2. The predicted molar refractivity (Wildman–Crippen MR) is 101 cm³/mol. The van der Waals surface area contributed by atoms with Gasteiger partial charge >= 0.3 is 158 Å². The van der Waals surface area contributed by atoms with E-state index in [0.29, 0.717) is 11.8 Å². The van der Waals surface area contributed by atoms with Crippen molar-refractivity contribution in [3.63, 3.8) is 0 Å². The molecule has 23 heavy (non-hydrogen) atoms. The number of rotatable bonds is 4. The van der Waals surface area contributed by atoms with Crippen LogP contribution in [0.3, 0.4) is 0 Å². The van der Waals surface area contributed by atoms with Crippen LogP contribution < -0.4 is 3.53 Å². The van der Waals surface area contributed by atoms with Crippen LogP contribution in [0.2, 0.25) is 0 Å². The van der Waals surface area contributed by atoms with Crippen molar-refractivity contribution in [2.75, 3.05) is 0 Å². The van der Waals surface area contributed by atoms with Crippen LogP contribution in [-0.2, 0) is 19.1 Å². The van der Waals surface area contributed by atoms with Crippen LogP contribution in [0.5, 0.6) is 0 Å².